The van der Waals surface area contributed by atoms with Crippen LogP contribution in [-0.4, -0.2) is 24.3 Å². The zero-order chi connectivity index (χ0) is 12.0. The highest BCUT2D eigenvalue weighted by molar-refractivity contribution is 4.80. The molecule has 1 rings (SSSR count). The first kappa shape index (κ1) is 14.0. The quantitative estimate of drug-likeness (QED) is 0.701. The Kier molecular flexibility index (Phi) is 6.37. The molecule has 0 amide bonds. The van der Waals surface area contributed by atoms with E-state index in [4.69, 9.17) is 4.74 Å². The number of hydrogen-bond donors (Lipinski definition) is 1. The summed E-state index contributed by atoms with van der Waals surface area (Å²) in [7, 11) is 0. The van der Waals surface area contributed by atoms with Crippen molar-refractivity contribution in [1.29, 1.82) is 0 Å². The molecule has 0 bridgehead atoms. The number of unbranched alkanes of at least 4 members (excludes halogenated alkanes) is 2. The summed E-state index contributed by atoms with van der Waals surface area (Å²) < 4.78 is 5.76. The lowest BCUT2D eigenvalue weighted by atomic mass is 9.98. The van der Waals surface area contributed by atoms with Crippen LogP contribution in [0.4, 0.5) is 0 Å². The number of nitrogens with one attached hydrogen (secondary N) is 1. The molecule has 1 heterocycles. The molecule has 96 valence electrons. The number of rotatable bonds is 6. The topological polar surface area (TPSA) is 21.3 Å². The molecule has 0 aromatic heterocycles. The monoisotopic (exact) mass is 227 g/mol. The van der Waals surface area contributed by atoms with E-state index in [1.807, 2.05) is 0 Å². The van der Waals surface area contributed by atoms with E-state index < -0.39 is 0 Å². The van der Waals surface area contributed by atoms with Gasteiger partial charge in [-0.15, -0.1) is 0 Å². The average Bonchev–Trinajstić information content (AvgIpc) is 2.16. The summed E-state index contributed by atoms with van der Waals surface area (Å²) in [5.74, 6) is 0. The Bertz CT molecular complexity index is 174. The van der Waals surface area contributed by atoms with Crippen LogP contribution in [0.5, 0.6) is 0 Å². The van der Waals surface area contributed by atoms with Gasteiger partial charge in [0.15, 0.2) is 0 Å². The van der Waals surface area contributed by atoms with E-state index in [-0.39, 0.29) is 0 Å². The van der Waals surface area contributed by atoms with Gasteiger partial charge in [-0.3, -0.25) is 0 Å². The van der Waals surface area contributed by atoms with Crippen LogP contribution < -0.4 is 5.32 Å². The van der Waals surface area contributed by atoms with Gasteiger partial charge in [-0.2, -0.15) is 0 Å². The fourth-order valence-corrected chi connectivity index (χ4v) is 2.73. The lowest BCUT2D eigenvalue weighted by Crippen LogP contribution is -2.44. The fraction of sp³-hybridized carbons (Fsp3) is 1.00. The Morgan fingerprint density at radius 2 is 1.81 bits per heavy atom. The second-order valence-electron chi connectivity index (χ2n) is 5.49. The van der Waals surface area contributed by atoms with Crippen molar-refractivity contribution >= 4 is 0 Å². The van der Waals surface area contributed by atoms with Crippen molar-refractivity contribution < 1.29 is 4.74 Å². The molecule has 0 radical (unpaired) electrons. The van der Waals surface area contributed by atoms with Crippen molar-refractivity contribution in [2.24, 2.45) is 0 Å². The average molecular weight is 227 g/mol. The van der Waals surface area contributed by atoms with Gasteiger partial charge >= 0.3 is 0 Å². The van der Waals surface area contributed by atoms with Crippen LogP contribution in [0.15, 0.2) is 0 Å². The Morgan fingerprint density at radius 3 is 2.38 bits per heavy atom. The SMILES string of the molecule is CCCCCC(C)NC1CC(C)OC(C)C1. The van der Waals surface area contributed by atoms with Crippen molar-refractivity contribution in [3.8, 4) is 0 Å². The minimum Gasteiger partial charge on any atom is -0.375 e. The molecule has 1 aliphatic heterocycles. The number of hydrogen-bond acceptors (Lipinski definition) is 2. The molecule has 1 saturated heterocycles. The van der Waals surface area contributed by atoms with Gasteiger partial charge in [0.25, 0.3) is 0 Å². The van der Waals surface area contributed by atoms with Gasteiger partial charge in [0, 0.05) is 12.1 Å². The fourth-order valence-electron chi connectivity index (χ4n) is 2.73. The summed E-state index contributed by atoms with van der Waals surface area (Å²) in [6.45, 7) is 8.96. The Labute approximate surface area is 101 Å². The largest absolute Gasteiger partial charge is 0.375 e. The zero-order valence-electron chi connectivity index (χ0n) is 11.5. The normalized spacial score (nSPS) is 32.6. The molecule has 3 atom stereocenters. The van der Waals surface area contributed by atoms with E-state index in [1.54, 1.807) is 0 Å². The van der Waals surface area contributed by atoms with Gasteiger partial charge in [-0.25, -0.2) is 0 Å². The van der Waals surface area contributed by atoms with Crippen LogP contribution in [0.1, 0.15) is 66.2 Å². The third-order valence-corrected chi connectivity index (χ3v) is 3.46. The molecule has 0 aromatic rings. The summed E-state index contributed by atoms with van der Waals surface area (Å²) >= 11 is 0. The van der Waals surface area contributed by atoms with Crippen molar-refractivity contribution in [3.05, 3.63) is 0 Å². The molecular weight excluding hydrogens is 198 g/mol. The maximum atomic E-state index is 5.76. The first-order chi connectivity index (χ1) is 7.61. The van der Waals surface area contributed by atoms with Crippen LogP contribution in [0.25, 0.3) is 0 Å². The van der Waals surface area contributed by atoms with Crippen LogP contribution in [0, 0.1) is 0 Å². The molecule has 1 aliphatic rings. The highest BCUT2D eigenvalue weighted by Crippen LogP contribution is 2.19. The molecule has 16 heavy (non-hydrogen) atoms. The maximum Gasteiger partial charge on any atom is 0.0565 e. The Morgan fingerprint density at radius 1 is 1.19 bits per heavy atom. The first-order valence-corrected chi connectivity index (χ1v) is 7.03. The van der Waals surface area contributed by atoms with Crippen LogP contribution in [-0.2, 0) is 4.74 Å². The molecule has 2 nitrogen and oxygen atoms in total. The third-order valence-electron chi connectivity index (χ3n) is 3.46. The lowest BCUT2D eigenvalue weighted by molar-refractivity contribution is -0.0434. The molecule has 0 spiro atoms. The van der Waals surface area contributed by atoms with Gasteiger partial charge in [-0.1, -0.05) is 26.2 Å². The molecule has 0 saturated carbocycles. The predicted molar refractivity (Wildman–Crippen MR) is 69.8 cm³/mol. The highest BCUT2D eigenvalue weighted by atomic mass is 16.5. The van der Waals surface area contributed by atoms with Gasteiger partial charge < -0.3 is 10.1 Å². The van der Waals surface area contributed by atoms with Gasteiger partial charge in [0.2, 0.25) is 0 Å². The van der Waals surface area contributed by atoms with Crippen molar-refractivity contribution in [2.75, 3.05) is 0 Å². The van der Waals surface area contributed by atoms with E-state index in [0.717, 1.165) is 0 Å². The molecule has 1 N–H and O–H groups in total. The maximum absolute atomic E-state index is 5.76. The van der Waals surface area contributed by atoms with Gasteiger partial charge in [-0.05, 0) is 40.0 Å². The van der Waals surface area contributed by atoms with Crippen molar-refractivity contribution in [3.63, 3.8) is 0 Å². The lowest BCUT2D eigenvalue weighted by Gasteiger charge is -2.34. The third kappa shape index (κ3) is 5.31. The van der Waals surface area contributed by atoms with E-state index in [9.17, 15) is 0 Å². The van der Waals surface area contributed by atoms with E-state index >= 15 is 0 Å². The van der Waals surface area contributed by atoms with E-state index in [2.05, 4.69) is 33.0 Å². The Hall–Kier alpha value is -0.0800. The summed E-state index contributed by atoms with van der Waals surface area (Å²) in [6, 6.07) is 1.32. The first-order valence-electron chi connectivity index (χ1n) is 7.03. The van der Waals surface area contributed by atoms with Crippen molar-refractivity contribution in [2.45, 2.75) is 90.5 Å². The summed E-state index contributed by atoms with van der Waals surface area (Å²) in [5, 5.41) is 3.76. The summed E-state index contributed by atoms with van der Waals surface area (Å²) in [5.41, 5.74) is 0. The predicted octanol–water partition coefficient (Wildman–Crippen LogP) is 3.50. The second-order valence-corrected chi connectivity index (χ2v) is 5.49. The molecule has 2 heteroatoms. The van der Waals surface area contributed by atoms with E-state index in [0.29, 0.717) is 24.3 Å². The molecule has 0 aliphatic carbocycles. The van der Waals surface area contributed by atoms with Crippen molar-refractivity contribution in [1.82, 2.24) is 5.32 Å². The molecule has 1 fully saturated rings. The zero-order valence-corrected chi connectivity index (χ0v) is 11.5. The van der Waals surface area contributed by atoms with Gasteiger partial charge in [0.1, 0.15) is 0 Å². The summed E-state index contributed by atoms with van der Waals surface area (Å²) in [4.78, 5) is 0. The molecule has 0 aromatic carbocycles. The van der Waals surface area contributed by atoms with Crippen LogP contribution in [0.2, 0.25) is 0 Å². The molecule has 3 unspecified atom stereocenters. The molecular formula is C14H29NO. The standard InChI is InChI=1S/C14H29NO/c1-5-6-7-8-11(2)15-14-9-12(3)16-13(4)10-14/h11-15H,5-10H2,1-4H3. The summed E-state index contributed by atoms with van der Waals surface area (Å²) in [6.07, 6.45) is 8.54. The minimum absolute atomic E-state index is 0.420. The highest BCUT2D eigenvalue weighted by Gasteiger charge is 2.24. The van der Waals surface area contributed by atoms with E-state index in [1.165, 1.54) is 38.5 Å². The second kappa shape index (κ2) is 7.29. The minimum atomic E-state index is 0.420. The van der Waals surface area contributed by atoms with Gasteiger partial charge in [0.05, 0.1) is 12.2 Å². The smallest absolute Gasteiger partial charge is 0.0565 e. The van der Waals surface area contributed by atoms with Crippen LogP contribution >= 0.6 is 0 Å². The number of ether oxygens (including phenoxy) is 1. The Balaban J connectivity index is 2.19. The van der Waals surface area contributed by atoms with Crippen LogP contribution in [0.3, 0.4) is 0 Å².